The molecule has 0 unspecified atom stereocenters. The third kappa shape index (κ3) is 3.47. The molecule has 8 heteroatoms. The number of carbonyl (C=O) groups excluding carboxylic acids is 1. The summed E-state index contributed by atoms with van der Waals surface area (Å²) in [6, 6.07) is 11.1. The molecule has 1 aliphatic rings. The minimum Gasteiger partial charge on any atom is -0.385 e. The molecule has 27 heavy (non-hydrogen) atoms. The number of nitrogens with two attached hydrogens (primary N) is 2. The first-order valence-corrected chi connectivity index (χ1v) is 8.76. The molecule has 0 atom stereocenters. The van der Waals surface area contributed by atoms with Crippen LogP contribution in [-0.2, 0) is 0 Å². The van der Waals surface area contributed by atoms with Crippen molar-refractivity contribution in [3.05, 3.63) is 60.0 Å². The highest BCUT2D eigenvalue weighted by Crippen LogP contribution is 2.29. The zero-order valence-corrected chi connectivity index (χ0v) is 15.0. The quantitative estimate of drug-likeness (QED) is 0.278. The monoisotopic (exact) mass is 363 g/mol. The zero-order chi connectivity index (χ0) is 19.0. The molecule has 1 amide bonds. The second-order valence-corrected chi connectivity index (χ2v) is 6.67. The van der Waals surface area contributed by atoms with Gasteiger partial charge in [-0.3, -0.25) is 9.20 Å². The van der Waals surface area contributed by atoms with E-state index in [4.69, 9.17) is 11.6 Å². The second-order valence-electron chi connectivity index (χ2n) is 6.67. The molecule has 0 bridgehead atoms. The molecule has 8 nitrogen and oxygen atoms in total. The third-order valence-corrected chi connectivity index (χ3v) is 4.60. The minimum absolute atomic E-state index is 0.251. The van der Waals surface area contributed by atoms with Crippen molar-refractivity contribution in [1.82, 2.24) is 9.38 Å². The van der Waals surface area contributed by atoms with Crippen molar-refractivity contribution in [2.75, 3.05) is 10.4 Å². The van der Waals surface area contributed by atoms with Crippen molar-refractivity contribution in [2.45, 2.75) is 19.8 Å². The molecule has 0 saturated heterocycles. The van der Waals surface area contributed by atoms with E-state index in [0.717, 1.165) is 18.4 Å². The molecule has 1 aromatic carbocycles. The van der Waals surface area contributed by atoms with Gasteiger partial charge in [0, 0.05) is 17.8 Å². The van der Waals surface area contributed by atoms with Crippen LogP contribution in [0.1, 0.15) is 28.9 Å². The number of hydrazone groups is 1. The predicted molar refractivity (Wildman–Crippen MR) is 105 cm³/mol. The Bertz CT molecular complexity index is 1040. The van der Waals surface area contributed by atoms with Gasteiger partial charge < -0.3 is 11.1 Å². The number of hydrogen-bond acceptors (Lipinski definition) is 5. The van der Waals surface area contributed by atoms with Crippen molar-refractivity contribution < 1.29 is 4.79 Å². The molecule has 0 aliphatic heterocycles. The molecule has 3 aromatic rings. The molecular weight excluding hydrogens is 342 g/mol. The Morgan fingerprint density at radius 2 is 2.15 bits per heavy atom. The lowest BCUT2D eigenvalue weighted by molar-refractivity contribution is 0.102. The summed E-state index contributed by atoms with van der Waals surface area (Å²) < 4.78 is 1.74. The first kappa shape index (κ1) is 17.0. The molecule has 0 radical (unpaired) electrons. The Kier molecular flexibility index (Phi) is 4.25. The maximum absolute atomic E-state index is 12.7. The van der Waals surface area contributed by atoms with E-state index < -0.39 is 0 Å². The molecule has 1 aliphatic carbocycles. The molecule has 1 saturated carbocycles. The summed E-state index contributed by atoms with van der Waals surface area (Å²) in [5.74, 6) is 6.63. The number of aryl methyl sites for hydroxylation is 1. The van der Waals surface area contributed by atoms with E-state index in [9.17, 15) is 4.79 Å². The second kappa shape index (κ2) is 6.73. The topological polar surface area (TPSA) is 114 Å². The van der Waals surface area contributed by atoms with Gasteiger partial charge in [-0.1, -0.05) is 12.1 Å². The Labute approximate surface area is 156 Å². The van der Waals surface area contributed by atoms with Crippen LogP contribution < -0.4 is 22.0 Å². The number of aromatic nitrogens is 2. The fourth-order valence-electron chi connectivity index (χ4n) is 2.82. The molecular formula is C19H21N7O. The summed E-state index contributed by atoms with van der Waals surface area (Å²) in [6.07, 6.45) is 5.46. The van der Waals surface area contributed by atoms with Crippen molar-refractivity contribution in [1.29, 1.82) is 0 Å². The summed E-state index contributed by atoms with van der Waals surface area (Å²) in [4.78, 5) is 17.0. The van der Waals surface area contributed by atoms with E-state index in [2.05, 4.69) is 15.4 Å². The van der Waals surface area contributed by atoms with Gasteiger partial charge in [-0.05, 0) is 49.6 Å². The van der Waals surface area contributed by atoms with Gasteiger partial charge in [0.1, 0.15) is 17.2 Å². The maximum atomic E-state index is 12.7. The summed E-state index contributed by atoms with van der Waals surface area (Å²) in [5, 5.41) is 8.40. The summed E-state index contributed by atoms with van der Waals surface area (Å²) in [5.41, 5.74) is 9.30. The normalized spacial score (nSPS) is 14.4. The Balaban J connectivity index is 1.58. The number of carbonyl (C=O) groups is 1. The number of anilines is 2. The first-order chi connectivity index (χ1) is 13.0. The van der Waals surface area contributed by atoms with Crippen molar-refractivity contribution in [3.8, 4) is 0 Å². The molecule has 4 rings (SSSR count). The highest BCUT2D eigenvalue weighted by Gasteiger charge is 2.26. The number of amidine groups is 1. The number of imidazole rings is 1. The third-order valence-electron chi connectivity index (χ3n) is 4.60. The SMILES string of the molecule is Cc1ccc(N(N)/N=C(\N)C2CC2)cc1NC(=O)c1cnc2ccccn12. The fourth-order valence-corrected chi connectivity index (χ4v) is 2.82. The van der Waals surface area contributed by atoms with Gasteiger partial charge in [-0.15, -0.1) is 5.10 Å². The standard InChI is InChI=1S/C19H21N7O/c1-12-5-8-14(26(21)24-18(20)13-6-7-13)10-15(12)23-19(27)16-11-22-17-4-2-3-9-25(16)17/h2-5,8-11,13H,6-7,21H2,1H3,(H2,20,24)(H,23,27). The highest BCUT2D eigenvalue weighted by molar-refractivity contribution is 6.04. The average Bonchev–Trinajstić information content (AvgIpc) is 3.42. The minimum atomic E-state index is -0.251. The van der Waals surface area contributed by atoms with E-state index in [-0.39, 0.29) is 5.91 Å². The summed E-state index contributed by atoms with van der Waals surface area (Å²) in [6.45, 7) is 1.91. The number of rotatable bonds is 5. The van der Waals surface area contributed by atoms with Gasteiger partial charge in [0.05, 0.1) is 11.9 Å². The number of fused-ring (bicyclic) bond motifs is 1. The van der Waals surface area contributed by atoms with Gasteiger partial charge >= 0.3 is 0 Å². The largest absolute Gasteiger partial charge is 0.385 e. The van der Waals surface area contributed by atoms with E-state index in [1.54, 1.807) is 22.9 Å². The predicted octanol–water partition coefficient (Wildman–Crippen LogP) is 2.26. The highest BCUT2D eigenvalue weighted by atomic mass is 16.1. The first-order valence-electron chi connectivity index (χ1n) is 8.76. The molecule has 2 heterocycles. The fraction of sp³-hybridized carbons (Fsp3) is 0.211. The van der Waals surface area contributed by atoms with Gasteiger partial charge in [0.15, 0.2) is 0 Å². The summed E-state index contributed by atoms with van der Waals surface area (Å²) >= 11 is 0. The van der Waals surface area contributed by atoms with Crippen LogP contribution in [0, 0.1) is 12.8 Å². The number of pyridine rings is 1. The van der Waals surface area contributed by atoms with Crippen LogP contribution in [0.3, 0.4) is 0 Å². The van der Waals surface area contributed by atoms with Crippen LogP contribution in [0.4, 0.5) is 11.4 Å². The number of hydrazine groups is 1. The van der Waals surface area contributed by atoms with Crippen LogP contribution in [-0.4, -0.2) is 21.1 Å². The zero-order valence-electron chi connectivity index (χ0n) is 15.0. The lowest BCUT2D eigenvalue weighted by Crippen LogP contribution is -2.29. The van der Waals surface area contributed by atoms with Gasteiger partial charge in [-0.25, -0.2) is 10.8 Å². The smallest absolute Gasteiger partial charge is 0.274 e. The van der Waals surface area contributed by atoms with Crippen molar-refractivity contribution in [2.24, 2.45) is 22.6 Å². The van der Waals surface area contributed by atoms with Crippen LogP contribution in [0.5, 0.6) is 0 Å². The van der Waals surface area contributed by atoms with E-state index in [1.165, 1.54) is 5.12 Å². The van der Waals surface area contributed by atoms with E-state index in [0.29, 0.717) is 34.5 Å². The van der Waals surface area contributed by atoms with Gasteiger partial charge in [0.25, 0.3) is 5.91 Å². The van der Waals surface area contributed by atoms with Gasteiger partial charge in [-0.2, -0.15) is 5.12 Å². The molecule has 1 fully saturated rings. The van der Waals surface area contributed by atoms with E-state index >= 15 is 0 Å². The lowest BCUT2D eigenvalue weighted by Gasteiger charge is -2.16. The van der Waals surface area contributed by atoms with Crippen LogP contribution >= 0.6 is 0 Å². The average molecular weight is 363 g/mol. The van der Waals surface area contributed by atoms with Gasteiger partial charge in [0.2, 0.25) is 0 Å². The molecule has 5 N–H and O–H groups in total. The van der Waals surface area contributed by atoms with E-state index in [1.807, 2.05) is 37.3 Å². The lowest BCUT2D eigenvalue weighted by atomic mass is 10.1. The van der Waals surface area contributed by atoms with Crippen molar-refractivity contribution >= 4 is 28.8 Å². The molecule has 0 spiro atoms. The number of nitrogens with one attached hydrogen (secondary N) is 1. The van der Waals surface area contributed by atoms with Crippen LogP contribution in [0.25, 0.3) is 5.65 Å². The van der Waals surface area contributed by atoms with Crippen LogP contribution in [0.15, 0.2) is 53.9 Å². The van der Waals surface area contributed by atoms with Crippen LogP contribution in [0.2, 0.25) is 0 Å². The number of hydrogen-bond donors (Lipinski definition) is 3. The molecule has 138 valence electrons. The number of amides is 1. The number of nitrogens with zero attached hydrogens (tertiary/aromatic N) is 4. The Hall–Kier alpha value is -3.39. The summed E-state index contributed by atoms with van der Waals surface area (Å²) in [7, 11) is 0. The van der Waals surface area contributed by atoms with Crippen molar-refractivity contribution in [3.63, 3.8) is 0 Å². The maximum Gasteiger partial charge on any atom is 0.274 e. The Morgan fingerprint density at radius 3 is 2.93 bits per heavy atom. The Morgan fingerprint density at radius 1 is 1.33 bits per heavy atom. The molecule has 2 aromatic heterocycles. The number of benzene rings is 1.